The Labute approximate surface area is 163 Å². The first-order chi connectivity index (χ1) is 13.5. The second-order valence-electron chi connectivity index (χ2n) is 7.60. The molecule has 1 unspecified atom stereocenters. The van der Waals surface area contributed by atoms with Crippen molar-refractivity contribution in [1.82, 2.24) is 19.4 Å². The molecule has 3 heterocycles. The van der Waals surface area contributed by atoms with E-state index < -0.39 is 10.5 Å². The molecule has 9 nitrogen and oxygen atoms in total. The maximum atomic E-state index is 10.8. The van der Waals surface area contributed by atoms with Crippen molar-refractivity contribution in [2.75, 3.05) is 45.9 Å². The highest BCUT2D eigenvalue weighted by Crippen LogP contribution is 2.31. The first-order valence-electron chi connectivity index (χ1n) is 9.54. The normalized spacial score (nSPS) is 22.6. The van der Waals surface area contributed by atoms with E-state index in [1.165, 1.54) is 6.20 Å². The van der Waals surface area contributed by atoms with Crippen LogP contribution in [-0.2, 0) is 6.54 Å². The van der Waals surface area contributed by atoms with Crippen LogP contribution in [-0.4, -0.2) is 75.8 Å². The van der Waals surface area contributed by atoms with Gasteiger partial charge in [-0.2, -0.15) is 0 Å². The van der Waals surface area contributed by atoms with Crippen LogP contribution in [0.5, 0.6) is 11.8 Å². The molecular weight excluding hydrogens is 362 g/mol. The SMILES string of the molecule is CC1(CN2CCN(CCOc3ccccc3)CC2)Cn2cc([N+](=O)[O-])nc2O1. The summed E-state index contributed by atoms with van der Waals surface area (Å²) in [5.74, 6) is 0.744. The first-order valence-corrected chi connectivity index (χ1v) is 9.54. The minimum absolute atomic E-state index is 0.164. The Morgan fingerprint density at radius 1 is 1.21 bits per heavy atom. The van der Waals surface area contributed by atoms with Crippen molar-refractivity contribution in [2.45, 2.75) is 19.1 Å². The van der Waals surface area contributed by atoms with Gasteiger partial charge in [-0.25, -0.2) is 0 Å². The Balaban J connectivity index is 1.20. The van der Waals surface area contributed by atoms with Crippen LogP contribution < -0.4 is 9.47 Å². The summed E-state index contributed by atoms with van der Waals surface area (Å²) in [4.78, 5) is 19.1. The van der Waals surface area contributed by atoms with Gasteiger partial charge in [-0.3, -0.25) is 14.4 Å². The molecule has 9 heteroatoms. The number of nitrogens with zero attached hydrogens (tertiary/aromatic N) is 5. The molecule has 0 saturated carbocycles. The van der Waals surface area contributed by atoms with Gasteiger partial charge in [-0.05, 0) is 24.0 Å². The average molecular weight is 387 g/mol. The number of fused-ring (bicyclic) bond motifs is 1. The third-order valence-corrected chi connectivity index (χ3v) is 5.20. The zero-order chi connectivity index (χ0) is 19.6. The third-order valence-electron chi connectivity index (χ3n) is 5.20. The van der Waals surface area contributed by atoms with Gasteiger partial charge in [0.2, 0.25) is 0 Å². The quantitative estimate of drug-likeness (QED) is 0.527. The minimum Gasteiger partial charge on any atom is -0.492 e. The van der Waals surface area contributed by atoms with Crippen molar-refractivity contribution in [3.63, 3.8) is 0 Å². The second-order valence-corrected chi connectivity index (χ2v) is 7.60. The van der Waals surface area contributed by atoms with Gasteiger partial charge in [-0.1, -0.05) is 18.2 Å². The predicted octanol–water partition coefficient (Wildman–Crippen LogP) is 1.64. The molecule has 150 valence electrons. The highest BCUT2D eigenvalue weighted by molar-refractivity contribution is 5.24. The van der Waals surface area contributed by atoms with Crippen LogP contribution in [0.3, 0.4) is 0 Å². The van der Waals surface area contributed by atoms with Crippen molar-refractivity contribution in [3.8, 4) is 11.8 Å². The van der Waals surface area contributed by atoms with Crippen LogP contribution in [0.2, 0.25) is 0 Å². The topological polar surface area (TPSA) is 85.9 Å². The van der Waals surface area contributed by atoms with Crippen LogP contribution >= 0.6 is 0 Å². The van der Waals surface area contributed by atoms with Gasteiger partial charge in [-0.15, -0.1) is 0 Å². The summed E-state index contributed by atoms with van der Waals surface area (Å²) in [6.07, 6.45) is 1.45. The fourth-order valence-corrected chi connectivity index (χ4v) is 3.82. The van der Waals surface area contributed by atoms with E-state index in [2.05, 4.69) is 14.8 Å². The standard InChI is InChI=1S/C19H25N5O4/c1-19(15-23-13-17(24(25)26)20-18(23)28-19)14-22-9-7-21(8-10-22)11-12-27-16-5-3-2-4-6-16/h2-6,13H,7-12,14-15H2,1H3. The molecule has 1 aromatic heterocycles. The van der Waals surface area contributed by atoms with E-state index in [-0.39, 0.29) is 5.82 Å². The molecule has 1 atom stereocenters. The molecule has 28 heavy (non-hydrogen) atoms. The van der Waals surface area contributed by atoms with Crippen molar-refractivity contribution < 1.29 is 14.4 Å². The van der Waals surface area contributed by atoms with Crippen LogP contribution in [0.15, 0.2) is 36.5 Å². The number of nitro groups is 1. The summed E-state index contributed by atoms with van der Waals surface area (Å²) in [6.45, 7) is 8.90. The van der Waals surface area contributed by atoms with E-state index in [9.17, 15) is 10.1 Å². The molecule has 0 bridgehead atoms. The average Bonchev–Trinajstić information content (AvgIpc) is 3.19. The van der Waals surface area contributed by atoms with E-state index in [0.29, 0.717) is 19.2 Å². The van der Waals surface area contributed by atoms with Gasteiger partial charge in [0, 0.05) is 44.3 Å². The molecule has 0 N–H and O–H groups in total. The number of rotatable bonds is 7. The Hall–Kier alpha value is -2.65. The molecular formula is C19H25N5O4. The van der Waals surface area contributed by atoms with E-state index in [0.717, 1.165) is 45.0 Å². The summed E-state index contributed by atoms with van der Waals surface area (Å²) in [6, 6.07) is 10.2. The summed E-state index contributed by atoms with van der Waals surface area (Å²) in [7, 11) is 0. The number of para-hydroxylation sites is 1. The lowest BCUT2D eigenvalue weighted by Crippen LogP contribution is -2.53. The van der Waals surface area contributed by atoms with Gasteiger partial charge < -0.3 is 19.6 Å². The van der Waals surface area contributed by atoms with Crippen LogP contribution in [0, 0.1) is 10.1 Å². The number of hydrogen-bond donors (Lipinski definition) is 0. The molecule has 1 fully saturated rings. The van der Waals surface area contributed by atoms with E-state index in [4.69, 9.17) is 9.47 Å². The van der Waals surface area contributed by atoms with Crippen molar-refractivity contribution in [3.05, 3.63) is 46.6 Å². The van der Waals surface area contributed by atoms with Gasteiger partial charge in [0.15, 0.2) is 0 Å². The molecule has 0 amide bonds. The highest BCUT2D eigenvalue weighted by atomic mass is 16.6. The Morgan fingerprint density at radius 3 is 2.61 bits per heavy atom. The summed E-state index contributed by atoms with van der Waals surface area (Å²) in [5, 5.41) is 10.8. The van der Waals surface area contributed by atoms with Crippen LogP contribution in [0.4, 0.5) is 5.82 Å². The monoisotopic (exact) mass is 387 g/mol. The number of piperazine rings is 1. The summed E-state index contributed by atoms with van der Waals surface area (Å²) < 4.78 is 13.5. The smallest absolute Gasteiger partial charge is 0.415 e. The Bertz CT molecular complexity index is 793. The number of benzene rings is 1. The van der Waals surface area contributed by atoms with Crippen LogP contribution in [0.1, 0.15) is 6.92 Å². The largest absolute Gasteiger partial charge is 0.492 e. The van der Waals surface area contributed by atoms with E-state index >= 15 is 0 Å². The second kappa shape index (κ2) is 7.76. The van der Waals surface area contributed by atoms with Gasteiger partial charge >= 0.3 is 11.8 Å². The number of imidazole rings is 1. The van der Waals surface area contributed by atoms with Gasteiger partial charge in [0.1, 0.15) is 24.2 Å². The van der Waals surface area contributed by atoms with Crippen molar-refractivity contribution >= 4 is 5.82 Å². The molecule has 4 rings (SSSR count). The number of aromatic nitrogens is 2. The predicted molar refractivity (Wildman–Crippen MR) is 103 cm³/mol. The Morgan fingerprint density at radius 2 is 1.93 bits per heavy atom. The molecule has 1 saturated heterocycles. The lowest BCUT2D eigenvalue weighted by molar-refractivity contribution is -0.389. The molecule has 0 spiro atoms. The van der Waals surface area contributed by atoms with Crippen LogP contribution in [0.25, 0.3) is 0 Å². The lowest BCUT2D eigenvalue weighted by atomic mass is 10.1. The van der Waals surface area contributed by atoms with Crippen molar-refractivity contribution in [1.29, 1.82) is 0 Å². The third kappa shape index (κ3) is 4.26. The molecule has 1 aromatic carbocycles. The number of hydrogen-bond acceptors (Lipinski definition) is 7. The number of ether oxygens (including phenoxy) is 2. The molecule has 0 aliphatic carbocycles. The maximum absolute atomic E-state index is 10.8. The fourth-order valence-electron chi connectivity index (χ4n) is 3.82. The van der Waals surface area contributed by atoms with Gasteiger partial charge in [0.25, 0.3) is 0 Å². The van der Waals surface area contributed by atoms with E-state index in [1.54, 1.807) is 4.57 Å². The molecule has 0 radical (unpaired) electrons. The van der Waals surface area contributed by atoms with E-state index in [1.807, 2.05) is 37.3 Å². The minimum atomic E-state index is -0.493. The zero-order valence-corrected chi connectivity index (χ0v) is 16.0. The van der Waals surface area contributed by atoms with Crippen molar-refractivity contribution in [2.24, 2.45) is 0 Å². The lowest BCUT2D eigenvalue weighted by Gasteiger charge is -2.37. The maximum Gasteiger partial charge on any atom is 0.415 e. The zero-order valence-electron chi connectivity index (χ0n) is 16.0. The van der Waals surface area contributed by atoms with Gasteiger partial charge in [0.05, 0.1) is 6.54 Å². The summed E-state index contributed by atoms with van der Waals surface area (Å²) in [5.41, 5.74) is -0.407. The highest BCUT2D eigenvalue weighted by Gasteiger charge is 2.41. The molecule has 2 aliphatic heterocycles. The Kier molecular flexibility index (Phi) is 5.19. The molecule has 2 aromatic rings. The first kappa shape index (κ1) is 18.7. The molecule has 2 aliphatic rings. The summed E-state index contributed by atoms with van der Waals surface area (Å²) >= 11 is 0. The fraction of sp³-hybridized carbons (Fsp3) is 0.526.